The average Bonchev–Trinajstić information content (AvgIpc) is 3.33. The van der Waals surface area contributed by atoms with Crippen LogP contribution < -0.4 is 10.6 Å². The lowest BCUT2D eigenvalue weighted by Gasteiger charge is -2.39. The van der Waals surface area contributed by atoms with Gasteiger partial charge in [-0.1, -0.05) is 0 Å². The lowest BCUT2D eigenvalue weighted by Crippen LogP contribution is -2.53. The molecular formula is C23H25F3N6O2. The summed E-state index contributed by atoms with van der Waals surface area (Å²) in [5.74, 6) is 1.50. The minimum absolute atomic E-state index is 0.00186. The summed E-state index contributed by atoms with van der Waals surface area (Å²) in [6.07, 6.45) is 1.25. The predicted octanol–water partition coefficient (Wildman–Crippen LogP) is 4.66. The van der Waals surface area contributed by atoms with Crippen molar-refractivity contribution in [2.75, 3.05) is 11.9 Å². The van der Waals surface area contributed by atoms with Gasteiger partial charge in [0.05, 0.1) is 18.1 Å². The minimum atomic E-state index is -4.16. The van der Waals surface area contributed by atoms with Gasteiger partial charge < -0.3 is 14.6 Å². The van der Waals surface area contributed by atoms with Gasteiger partial charge in [0.2, 0.25) is 0 Å². The van der Waals surface area contributed by atoms with Gasteiger partial charge >= 0.3 is 12.2 Å². The van der Waals surface area contributed by atoms with E-state index in [1.165, 1.54) is 0 Å². The van der Waals surface area contributed by atoms with Crippen molar-refractivity contribution in [1.29, 1.82) is 0 Å². The van der Waals surface area contributed by atoms with Gasteiger partial charge in [-0.2, -0.15) is 13.2 Å². The monoisotopic (exact) mass is 474 g/mol. The largest absolute Gasteiger partial charge is 0.439 e. The van der Waals surface area contributed by atoms with Crippen LogP contribution in [-0.4, -0.2) is 56.7 Å². The topological polar surface area (TPSA) is 96.2 Å². The Morgan fingerprint density at radius 1 is 1.18 bits per heavy atom. The molecule has 2 aliphatic heterocycles. The zero-order valence-corrected chi connectivity index (χ0v) is 18.6. The maximum absolute atomic E-state index is 13.1. The first-order chi connectivity index (χ1) is 16.2. The molecule has 0 radical (unpaired) electrons. The highest BCUT2D eigenvalue weighted by Crippen LogP contribution is 2.36. The highest BCUT2D eigenvalue weighted by molar-refractivity contribution is 5.91. The maximum atomic E-state index is 13.1. The van der Waals surface area contributed by atoms with Crippen LogP contribution in [0.25, 0.3) is 22.4 Å². The number of urea groups is 1. The Balaban J connectivity index is 1.25. The van der Waals surface area contributed by atoms with Crippen LogP contribution in [0.4, 0.5) is 23.8 Å². The zero-order chi connectivity index (χ0) is 23.9. The summed E-state index contributed by atoms with van der Waals surface area (Å²) in [6.45, 7) is 1.67. The summed E-state index contributed by atoms with van der Waals surface area (Å²) in [6, 6.07) is 5.18. The van der Waals surface area contributed by atoms with Crippen molar-refractivity contribution in [2.45, 2.75) is 63.3 Å². The van der Waals surface area contributed by atoms with E-state index in [-0.39, 0.29) is 30.7 Å². The molecule has 5 rings (SSSR count). The van der Waals surface area contributed by atoms with Gasteiger partial charge in [-0.15, -0.1) is 0 Å². The summed E-state index contributed by atoms with van der Waals surface area (Å²) < 4.78 is 42.9. The van der Waals surface area contributed by atoms with Crippen LogP contribution in [0.2, 0.25) is 0 Å². The number of rotatable bonds is 5. The molecule has 2 aliphatic rings. The smallest absolute Gasteiger partial charge is 0.390 e. The third-order valence-corrected chi connectivity index (χ3v) is 6.49. The summed E-state index contributed by atoms with van der Waals surface area (Å²) in [5.41, 5.74) is 1.29. The number of hydrogen-bond acceptors (Lipinski definition) is 6. The van der Waals surface area contributed by atoms with Crippen LogP contribution in [0.1, 0.15) is 38.0 Å². The number of alkyl halides is 3. The Labute approximate surface area is 194 Å². The number of anilines is 1. The lowest BCUT2D eigenvalue weighted by atomic mass is 9.97. The maximum Gasteiger partial charge on any atom is 0.390 e. The summed E-state index contributed by atoms with van der Waals surface area (Å²) in [7, 11) is 0. The Morgan fingerprint density at radius 2 is 1.94 bits per heavy atom. The lowest BCUT2D eigenvalue weighted by molar-refractivity contribution is -0.133. The molecule has 2 N–H and O–H groups in total. The number of piperidine rings is 1. The molecule has 2 amide bonds. The number of nitrogens with zero attached hydrogens (tertiary/aromatic N) is 4. The van der Waals surface area contributed by atoms with E-state index in [0.717, 1.165) is 18.2 Å². The Hall–Kier alpha value is -3.21. The number of fused-ring (bicyclic) bond motifs is 3. The van der Waals surface area contributed by atoms with E-state index in [9.17, 15) is 18.0 Å². The fourth-order valence-corrected chi connectivity index (χ4v) is 4.97. The van der Waals surface area contributed by atoms with Gasteiger partial charge in [-0.3, -0.25) is 5.32 Å². The van der Waals surface area contributed by atoms with E-state index in [1.807, 2.05) is 17.0 Å². The second-order valence-electron chi connectivity index (χ2n) is 8.91. The molecule has 2 fully saturated rings. The van der Waals surface area contributed by atoms with Crippen molar-refractivity contribution in [3.8, 4) is 11.5 Å². The number of nitrogens with one attached hydrogen (secondary N) is 2. The van der Waals surface area contributed by atoms with E-state index < -0.39 is 12.6 Å². The molecule has 0 aromatic carbocycles. The minimum Gasteiger partial charge on any atom is -0.439 e. The van der Waals surface area contributed by atoms with Crippen molar-refractivity contribution in [1.82, 2.24) is 25.2 Å². The number of carbonyl (C=O) groups is 1. The SMILES string of the molecule is Cc1ncc(-c2ccc3cnc(NC(=O)N4[C@@H]5CC[C@H]4C[C@H](NCCC(F)(F)F)C5)cc3n2)o1. The molecular weight excluding hydrogens is 449 g/mol. The number of oxazole rings is 1. The average molecular weight is 474 g/mol. The van der Waals surface area contributed by atoms with Gasteiger partial charge in [0.1, 0.15) is 11.5 Å². The molecule has 34 heavy (non-hydrogen) atoms. The molecule has 0 spiro atoms. The van der Waals surface area contributed by atoms with Gasteiger partial charge in [0, 0.05) is 49.2 Å². The fraction of sp³-hybridized carbons (Fsp3) is 0.478. The third-order valence-electron chi connectivity index (χ3n) is 6.49. The first kappa shape index (κ1) is 22.6. The van der Waals surface area contributed by atoms with E-state index in [2.05, 4.69) is 25.6 Å². The summed E-state index contributed by atoms with van der Waals surface area (Å²) in [5, 5.41) is 6.72. The quantitative estimate of drug-likeness (QED) is 0.558. The van der Waals surface area contributed by atoms with Crippen molar-refractivity contribution in [2.24, 2.45) is 0 Å². The number of halogens is 3. The van der Waals surface area contributed by atoms with Crippen LogP contribution in [0.3, 0.4) is 0 Å². The second kappa shape index (κ2) is 8.86. The molecule has 0 aliphatic carbocycles. The summed E-state index contributed by atoms with van der Waals surface area (Å²) >= 11 is 0. The van der Waals surface area contributed by atoms with E-state index in [4.69, 9.17) is 4.42 Å². The summed E-state index contributed by atoms with van der Waals surface area (Å²) in [4.78, 5) is 28.0. The fourth-order valence-electron chi connectivity index (χ4n) is 4.97. The first-order valence-corrected chi connectivity index (χ1v) is 11.3. The van der Waals surface area contributed by atoms with E-state index in [0.29, 0.717) is 41.5 Å². The third kappa shape index (κ3) is 4.84. The molecule has 0 saturated carbocycles. The van der Waals surface area contributed by atoms with Crippen molar-refractivity contribution < 1.29 is 22.4 Å². The van der Waals surface area contributed by atoms with E-state index >= 15 is 0 Å². The Kier molecular flexibility index (Phi) is 5.88. The molecule has 2 bridgehead atoms. The van der Waals surface area contributed by atoms with Gasteiger partial charge in [-0.25, -0.2) is 19.7 Å². The van der Waals surface area contributed by atoms with Crippen LogP contribution in [-0.2, 0) is 0 Å². The van der Waals surface area contributed by atoms with Crippen molar-refractivity contribution in [3.63, 3.8) is 0 Å². The first-order valence-electron chi connectivity index (χ1n) is 11.3. The van der Waals surface area contributed by atoms with Gasteiger partial charge in [-0.05, 0) is 37.8 Å². The van der Waals surface area contributed by atoms with E-state index in [1.54, 1.807) is 25.4 Å². The number of carbonyl (C=O) groups excluding carboxylic acids is 1. The number of aromatic nitrogens is 3. The normalized spacial score (nSPS) is 22.4. The molecule has 3 atom stereocenters. The molecule has 0 unspecified atom stereocenters. The standard InChI is InChI=1S/C23H25F3N6O2/c1-13-28-12-20(34-13)18-5-2-14-11-29-21(10-19(14)30-18)31-22(33)32-16-3-4-17(32)9-15(8-16)27-7-6-23(24,25)26/h2,5,10-12,15-17,27H,3-4,6-9H2,1H3,(H,29,31,33)/t15-,16-,17+. The van der Waals surface area contributed by atoms with Crippen LogP contribution >= 0.6 is 0 Å². The van der Waals surface area contributed by atoms with Gasteiger partial charge in [0.25, 0.3) is 0 Å². The molecule has 8 nitrogen and oxygen atoms in total. The van der Waals surface area contributed by atoms with Gasteiger partial charge in [0.15, 0.2) is 11.7 Å². The number of pyridine rings is 2. The number of amides is 2. The second-order valence-corrected chi connectivity index (χ2v) is 8.91. The van der Waals surface area contributed by atoms with Crippen molar-refractivity contribution >= 4 is 22.8 Å². The Morgan fingerprint density at radius 3 is 2.62 bits per heavy atom. The van der Waals surface area contributed by atoms with Crippen molar-refractivity contribution in [3.05, 3.63) is 36.5 Å². The van der Waals surface area contributed by atoms with Crippen LogP contribution in [0, 0.1) is 6.92 Å². The molecule has 5 heterocycles. The number of aryl methyl sites for hydroxylation is 1. The molecule has 3 aromatic rings. The highest BCUT2D eigenvalue weighted by Gasteiger charge is 2.43. The van der Waals surface area contributed by atoms with Crippen LogP contribution in [0.15, 0.2) is 35.0 Å². The molecule has 11 heteroatoms. The Bertz CT molecular complexity index is 1180. The highest BCUT2D eigenvalue weighted by atomic mass is 19.4. The van der Waals surface area contributed by atoms with Crippen LogP contribution in [0.5, 0.6) is 0 Å². The molecule has 3 aromatic heterocycles. The zero-order valence-electron chi connectivity index (χ0n) is 18.6. The predicted molar refractivity (Wildman–Crippen MR) is 119 cm³/mol. The number of hydrogen-bond donors (Lipinski definition) is 2. The molecule has 2 saturated heterocycles. The molecule has 180 valence electrons.